The van der Waals surface area contributed by atoms with Gasteiger partial charge in [-0.05, 0) is 48.5 Å². The molecule has 204 valence electrons. The van der Waals surface area contributed by atoms with Crippen molar-refractivity contribution >= 4 is 29.2 Å². The summed E-state index contributed by atoms with van der Waals surface area (Å²) in [5, 5.41) is 3.58. The van der Waals surface area contributed by atoms with E-state index in [1.54, 1.807) is 0 Å². The molecule has 8 heteroatoms. The standard InChI is InChI=1S/C33H26ClN3O4/c1-40-29(38)21-28(33(39)41-2)35-26-17-19-27(20-18-26)37-31(23-11-7-4-8-12-23)30(22-9-5-3-6-10-22)36-32(37)24-13-15-25(34)16-14-24/h3-21,35H,1-2H3/b28-21+. The normalized spacial score (nSPS) is 11.1. The van der Waals surface area contributed by atoms with Crippen LogP contribution in [0.1, 0.15) is 0 Å². The molecule has 1 aromatic heterocycles. The molecular weight excluding hydrogens is 538 g/mol. The van der Waals surface area contributed by atoms with Crippen molar-refractivity contribution in [3.05, 3.63) is 126 Å². The summed E-state index contributed by atoms with van der Waals surface area (Å²) in [7, 11) is 2.48. The van der Waals surface area contributed by atoms with E-state index in [0.29, 0.717) is 10.7 Å². The lowest BCUT2D eigenvalue weighted by molar-refractivity contribution is -0.138. The van der Waals surface area contributed by atoms with Gasteiger partial charge in [0.1, 0.15) is 11.5 Å². The summed E-state index contributed by atoms with van der Waals surface area (Å²) in [6.45, 7) is 0. The topological polar surface area (TPSA) is 82.5 Å². The first kappa shape index (κ1) is 27.4. The second-order valence-corrected chi connectivity index (χ2v) is 9.39. The Morgan fingerprint density at radius 1 is 0.756 bits per heavy atom. The monoisotopic (exact) mass is 563 g/mol. The predicted octanol–water partition coefficient (Wildman–Crippen LogP) is 7.17. The first-order valence-electron chi connectivity index (χ1n) is 12.7. The zero-order valence-electron chi connectivity index (χ0n) is 22.4. The van der Waals surface area contributed by atoms with Gasteiger partial charge in [0.2, 0.25) is 0 Å². The molecule has 0 radical (unpaired) electrons. The molecule has 0 saturated carbocycles. The average molecular weight is 564 g/mol. The maximum Gasteiger partial charge on any atom is 0.354 e. The van der Waals surface area contributed by atoms with Gasteiger partial charge in [0.25, 0.3) is 0 Å². The molecule has 1 N–H and O–H groups in total. The fourth-order valence-electron chi connectivity index (χ4n) is 4.41. The average Bonchev–Trinajstić information content (AvgIpc) is 3.42. The summed E-state index contributed by atoms with van der Waals surface area (Å²) in [6, 6.07) is 35.2. The fourth-order valence-corrected chi connectivity index (χ4v) is 4.53. The molecule has 0 unspecified atom stereocenters. The molecule has 1 heterocycles. The van der Waals surface area contributed by atoms with Crippen molar-refractivity contribution in [1.29, 1.82) is 0 Å². The minimum absolute atomic E-state index is 0.0482. The van der Waals surface area contributed by atoms with Crippen LogP contribution >= 0.6 is 11.6 Å². The van der Waals surface area contributed by atoms with Crippen LogP contribution in [0.15, 0.2) is 121 Å². The Labute approximate surface area is 242 Å². The molecule has 0 aliphatic rings. The lowest BCUT2D eigenvalue weighted by Gasteiger charge is -2.15. The van der Waals surface area contributed by atoms with E-state index in [1.165, 1.54) is 14.2 Å². The van der Waals surface area contributed by atoms with E-state index >= 15 is 0 Å². The Bertz CT molecular complexity index is 1700. The summed E-state index contributed by atoms with van der Waals surface area (Å²) in [4.78, 5) is 29.2. The minimum Gasteiger partial charge on any atom is -0.466 e. The van der Waals surface area contributed by atoms with E-state index in [9.17, 15) is 9.59 Å². The van der Waals surface area contributed by atoms with E-state index < -0.39 is 11.9 Å². The minimum atomic E-state index is -0.696. The van der Waals surface area contributed by atoms with Gasteiger partial charge in [0, 0.05) is 33.1 Å². The molecule has 0 bridgehead atoms. The molecule has 4 aromatic carbocycles. The van der Waals surface area contributed by atoms with Gasteiger partial charge in [0.15, 0.2) is 0 Å². The van der Waals surface area contributed by atoms with Gasteiger partial charge in [-0.1, -0.05) is 72.3 Å². The summed E-state index contributed by atoms with van der Waals surface area (Å²) in [6.07, 6.45) is 1.05. The smallest absolute Gasteiger partial charge is 0.354 e. The third kappa shape index (κ3) is 6.05. The first-order chi connectivity index (χ1) is 20.0. The molecule has 0 saturated heterocycles. The number of aromatic nitrogens is 2. The highest BCUT2D eigenvalue weighted by atomic mass is 35.5. The van der Waals surface area contributed by atoms with Gasteiger partial charge < -0.3 is 14.8 Å². The molecule has 0 amide bonds. The van der Waals surface area contributed by atoms with Gasteiger partial charge in [-0.25, -0.2) is 14.6 Å². The number of nitrogens with zero attached hydrogens (tertiary/aromatic N) is 2. The van der Waals surface area contributed by atoms with Gasteiger partial charge >= 0.3 is 11.9 Å². The van der Waals surface area contributed by atoms with Crippen molar-refractivity contribution in [2.45, 2.75) is 0 Å². The van der Waals surface area contributed by atoms with E-state index in [2.05, 4.69) is 26.8 Å². The highest BCUT2D eigenvalue weighted by Crippen LogP contribution is 2.39. The zero-order valence-corrected chi connectivity index (χ0v) is 23.1. The number of carbonyl (C=O) groups is 2. The fraction of sp³-hybridized carbons (Fsp3) is 0.0606. The Kier molecular flexibility index (Phi) is 8.27. The second kappa shape index (κ2) is 12.4. The van der Waals surface area contributed by atoms with Crippen LogP contribution in [-0.4, -0.2) is 35.7 Å². The predicted molar refractivity (Wildman–Crippen MR) is 161 cm³/mol. The molecule has 7 nitrogen and oxygen atoms in total. The van der Waals surface area contributed by atoms with Crippen LogP contribution in [0.4, 0.5) is 5.69 Å². The van der Waals surface area contributed by atoms with Crippen molar-refractivity contribution in [2.75, 3.05) is 19.5 Å². The van der Waals surface area contributed by atoms with Crippen molar-refractivity contribution in [3.63, 3.8) is 0 Å². The summed E-state index contributed by atoms with van der Waals surface area (Å²) >= 11 is 6.22. The molecular formula is C33H26ClN3O4. The van der Waals surface area contributed by atoms with Crippen LogP contribution in [0.5, 0.6) is 0 Å². The molecule has 5 rings (SSSR count). The highest BCUT2D eigenvalue weighted by molar-refractivity contribution is 6.30. The van der Waals surface area contributed by atoms with Gasteiger partial charge in [-0.3, -0.25) is 4.57 Å². The van der Waals surface area contributed by atoms with Crippen LogP contribution in [0.25, 0.3) is 39.6 Å². The Hall–Kier alpha value is -5.14. The number of carbonyl (C=O) groups excluding carboxylic acids is 2. The number of anilines is 1. The molecule has 0 atom stereocenters. The van der Waals surface area contributed by atoms with Crippen LogP contribution in [0.3, 0.4) is 0 Å². The number of nitrogens with one attached hydrogen (secondary N) is 1. The quantitative estimate of drug-likeness (QED) is 0.159. The molecule has 0 fully saturated rings. The molecule has 5 aromatic rings. The molecule has 0 spiro atoms. The summed E-state index contributed by atoms with van der Waals surface area (Å²) in [5.41, 5.74) is 5.99. The number of esters is 2. The Morgan fingerprint density at radius 2 is 1.37 bits per heavy atom. The van der Waals surface area contributed by atoms with Crippen molar-refractivity contribution < 1.29 is 19.1 Å². The zero-order chi connectivity index (χ0) is 28.8. The number of ether oxygens (including phenoxy) is 2. The lowest BCUT2D eigenvalue weighted by Crippen LogP contribution is -2.15. The van der Waals surface area contributed by atoms with Gasteiger partial charge in [-0.15, -0.1) is 0 Å². The van der Waals surface area contributed by atoms with E-state index in [4.69, 9.17) is 21.3 Å². The van der Waals surface area contributed by atoms with Gasteiger partial charge in [0.05, 0.1) is 31.7 Å². The SMILES string of the molecule is COC(=O)/C=C(/Nc1ccc(-n2c(-c3ccc(Cl)cc3)nc(-c3ccccc3)c2-c2ccccc2)cc1)C(=O)OC. The highest BCUT2D eigenvalue weighted by Gasteiger charge is 2.22. The third-order valence-electron chi connectivity index (χ3n) is 6.35. The van der Waals surface area contributed by atoms with Crippen molar-refractivity contribution in [2.24, 2.45) is 0 Å². The number of hydrogen-bond acceptors (Lipinski definition) is 6. The maximum absolute atomic E-state index is 12.2. The van der Waals surface area contributed by atoms with Gasteiger partial charge in [-0.2, -0.15) is 0 Å². The first-order valence-corrected chi connectivity index (χ1v) is 13.1. The van der Waals surface area contributed by atoms with Crippen molar-refractivity contribution in [3.8, 4) is 39.6 Å². The molecule has 0 aliphatic heterocycles. The molecule has 0 aliphatic carbocycles. The Morgan fingerprint density at radius 3 is 1.95 bits per heavy atom. The van der Waals surface area contributed by atoms with Crippen LogP contribution in [-0.2, 0) is 19.1 Å². The number of hydrogen-bond donors (Lipinski definition) is 1. The van der Waals surface area contributed by atoms with Crippen LogP contribution in [0, 0.1) is 0 Å². The number of benzene rings is 4. The molecule has 41 heavy (non-hydrogen) atoms. The third-order valence-corrected chi connectivity index (χ3v) is 6.60. The second-order valence-electron chi connectivity index (χ2n) is 8.95. The van der Waals surface area contributed by atoms with Crippen LogP contribution < -0.4 is 5.32 Å². The van der Waals surface area contributed by atoms with Crippen molar-refractivity contribution in [1.82, 2.24) is 9.55 Å². The largest absolute Gasteiger partial charge is 0.466 e. The number of rotatable bonds is 8. The summed E-state index contributed by atoms with van der Waals surface area (Å²) < 4.78 is 11.6. The lowest BCUT2D eigenvalue weighted by atomic mass is 10.0. The van der Waals surface area contributed by atoms with E-state index in [1.807, 2.05) is 97.1 Å². The number of halogens is 1. The van der Waals surface area contributed by atoms with E-state index in [-0.39, 0.29) is 5.70 Å². The number of imidazole rings is 1. The number of methoxy groups -OCH3 is 2. The van der Waals surface area contributed by atoms with E-state index in [0.717, 1.165) is 45.7 Å². The maximum atomic E-state index is 12.2. The Balaban J connectivity index is 1.68. The summed E-state index contributed by atoms with van der Waals surface area (Å²) in [5.74, 6) is -0.639. The van der Waals surface area contributed by atoms with Crippen LogP contribution in [0.2, 0.25) is 5.02 Å².